The molecule has 1 N–H and O–H groups in total. The number of alkyl halides is 8. The van der Waals surface area contributed by atoms with E-state index in [0.29, 0.717) is 0 Å². The molecule has 0 aliphatic carbocycles. The van der Waals surface area contributed by atoms with Gasteiger partial charge in [0.05, 0.1) is 6.61 Å². The number of carbonyl (C=O) groups excluding carboxylic acids is 1. The van der Waals surface area contributed by atoms with E-state index in [9.17, 15) is 39.9 Å². The Hall–Kier alpha value is -1.29. The van der Waals surface area contributed by atoms with Crippen molar-refractivity contribution in [3.63, 3.8) is 0 Å². The van der Waals surface area contributed by atoms with Crippen molar-refractivity contribution < 1.29 is 63.6 Å². The Morgan fingerprint density at radius 2 is 1.55 bits per heavy atom. The number of methoxy groups -OCH3 is 1. The molecule has 3 aliphatic rings. The van der Waals surface area contributed by atoms with Crippen LogP contribution in [0.3, 0.4) is 0 Å². The van der Waals surface area contributed by atoms with Crippen LogP contribution < -0.4 is 5.32 Å². The summed E-state index contributed by atoms with van der Waals surface area (Å²) in [5.41, 5.74) is -5.09. The molecule has 5 atom stereocenters. The Balaban J connectivity index is 1.83. The summed E-state index contributed by atoms with van der Waals surface area (Å²) in [7, 11) is 1.26. The zero-order valence-electron chi connectivity index (χ0n) is 16.3. The Labute approximate surface area is 170 Å². The van der Waals surface area contributed by atoms with Crippen LogP contribution in [0.5, 0.6) is 0 Å². The van der Waals surface area contributed by atoms with Gasteiger partial charge in [-0.1, -0.05) is 0 Å². The minimum Gasteiger partial charge on any atom is -0.424 e. The number of cyclic esters (lactones) is 1. The van der Waals surface area contributed by atoms with E-state index in [1.165, 1.54) is 21.0 Å². The molecule has 0 radical (unpaired) electrons. The van der Waals surface area contributed by atoms with E-state index in [-0.39, 0.29) is 6.61 Å². The molecule has 3 aliphatic heterocycles. The number of esters is 1. The molecule has 0 aromatic heterocycles. The maximum atomic E-state index is 15.0. The van der Waals surface area contributed by atoms with E-state index >= 15 is 0 Å². The van der Waals surface area contributed by atoms with E-state index in [1.54, 1.807) is 0 Å². The van der Waals surface area contributed by atoms with Gasteiger partial charge in [-0.15, -0.1) is 0 Å². The van der Waals surface area contributed by atoms with E-state index in [4.69, 9.17) is 18.9 Å². The van der Waals surface area contributed by atoms with Gasteiger partial charge in [0, 0.05) is 13.5 Å². The molecular formula is C16H19F8NO6. The van der Waals surface area contributed by atoms with Gasteiger partial charge in [0.2, 0.25) is 0 Å². The van der Waals surface area contributed by atoms with Crippen LogP contribution in [0.15, 0.2) is 0 Å². The summed E-state index contributed by atoms with van der Waals surface area (Å²) in [6.45, 7) is 2.67. The molecule has 0 aromatic carbocycles. The first-order valence-electron chi connectivity index (χ1n) is 8.96. The van der Waals surface area contributed by atoms with E-state index in [0.717, 1.165) is 5.32 Å². The molecule has 3 rings (SSSR count). The lowest BCUT2D eigenvalue weighted by atomic mass is 9.97. The van der Waals surface area contributed by atoms with Crippen molar-refractivity contribution in [2.75, 3.05) is 13.7 Å². The molecule has 180 valence electrons. The first-order chi connectivity index (χ1) is 13.9. The van der Waals surface area contributed by atoms with E-state index < -0.39 is 72.6 Å². The normalized spacial score (nSPS) is 35.3. The number of nitrogens with one attached hydrogen (secondary N) is 1. The molecule has 0 bridgehead atoms. The molecule has 31 heavy (non-hydrogen) atoms. The molecule has 0 spiro atoms. The van der Waals surface area contributed by atoms with Crippen molar-refractivity contribution in [3.8, 4) is 0 Å². The fourth-order valence-electron chi connectivity index (χ4n) is 3.84. The monoisotopic (exact) mass is 473 g/mol. The van der Waals surface area contributed by atoms with Crippen LogP contribution in [-0.4, -0.2) is 79.9 Å². The molecule has 3 heterocycles. The van der Waals surface area contributed by atoms with Gasteiger partial charge in [0.25, 0.3) is 5.92 Å². The fraction of sp³-hybridized carbons (Fsp3) is 0.938. The number of halogens is 8. The lowest BCUT2D eigenvalue weighted by molar-refractivity contribution is -0.369. The van der Waals surface area contributed by atoms with Crippen molar-refractivity contribution in [3.05, 3.63) is 0 Å². The lowest BCUT2D eigenvalue weighted by Gasteiger charge is -2.32. The molecule has 0 unspecified atom stereocenters. The minimum atomic E-state index is -6.14. The van der Waals surface area contributed by atoms with Crippen LogP contribution in [0, 0.1) is 0 Å². The van der Waals surface area contributed by atoms with Crippen molar-refractivity contribution >= 4 is 5.97 Å². The molecule has 0 amide bonds. The Morgan fingerprint density at radius 1 is 1.00 bits per heavy atom. The second-order valence-electron chi connectivity index (χ2n) is 7.88. The third kappa shape index (κ3) is 4.10. The molecule has 3 saturated heterocycles. The number of ether oxygens (including phenoxy) is 5. The molecular weight excluding hydrogens is 454 g/mol. The van der Waals surface area contributed by atoms with Gasteiger partial charge in [-0.25, -0.2) is 8.78 Å². The highest BCUT2D eigenvalue weighted by Crippen LogP contribution is 2.49. The number of fused-ring (bicyclic) bond motifs is 1. The average Bonchev–Trinajstić information content (AvgIpc) is 3.17. The Kier molecular flexibility index (Phi) is 5.79. The van der Waals surface area contributed by atoms with Gasteiger partial charge in [0.15, 0.2) is 11.9 Å². The topological polar surface area (TPSA) is 75.2 Å². The fourth-order valence-corrected chi connectivity index (χ4v) is 3.84. The predicted molar refractivity (Wildman–Crippen MR) is 81.8 cm³/mol. The second-order valence-corrected chi connectivity index (χ2v) is 7.88. The van der Waals surface area contributed by atoms with Crippen molar-refractivity contribution in [1.82, 2.24) is 5.32 Å². The van der Waals surface area contributed by atoms with Crippen molar-refractivity contribution in [2.24, 2.45) is 0 Å². The van der Waals surface area contributed by atoms with Crippen LogP contribution in [0.25, 0.3) is 0 Å². The number of hydrogen-bond acceptors (Lipinski definition) is 7. The molecule has 15 heteroatoms. The summed E-state index contributed by atoms with van der Waals surface area (Å²) in [6.07, 6.45) is -19.7. The van der Waals surface area contributed by atoms with Crippen LogP contribution in [0.1, 0.15) is 20.3 Å². The van der Waals surface area contributed by atoms with Crippen LogP contribution in [0.2, 0.25) is 0 Å². The highest BCUT2D eigenvalue weighted by Gasteiger charge is 2.79. The summed E-state index contributed by atoms with van der Waals surface area (Å²) >= 11 is 0. The molecule has 7 nitrogen and oxygen atoms in total. The van der Waals surface area contributed by atoms with Crippen LogP contribution >= 0.6 is 0 Å². The number of rotatable bonds is 5. The Bertz CT molecular complexity index is 697. The van der Waals surface area contributed by atoms with Gasteiger partial charge >= 0.3 is 24.0 Å². The third-order valence-corrected chi connectivity index (χ3v) is 5.09. The summed E-state index contributed by atoms with van der Waals surface area (Å²) < 4.78 is 133. The predicted octanol–water partition coefficient (Wildman–Crippen LogP) is 2.28. The summed E-state index contributed by atoms with van der Waals surface area (Å²) in [5, 5.41) is 0.872. The minimum absolute atomic E-state index is 0.192. The largest absolute Gasteiger partial charge is 0.452 e. The number of hydrogen-bond donors (Lipinski definition) is 1. The zero-order valence-corrected chi connectivity index (χ0v) is 16.3. The lowest BCUT2D eigenvalue weighted by Crippen LogP contribution is -2.65. The van der Waals surface area contributed by atoms with Crippen molar-refractivity contribution in [2.45, 2.75) is 80.5 Å². The van der Waals surface area contributed by atoms with E-state index in [1.807, 2.05) is 0 Å². The van der Waals surface area contributed by atoms with Crippen molar-refractivity contribution in [1.29, 1.82) is 0 Å². The maximum Gasteiger partial charge on any atom is 0.452 e. The van der Waals surface area contributed by atoms with Crippen LogP contribution in [0.4, 0.5) is 35.1 Å². The first-order valence-corrected chi connectivity index (χ1v) is 8.96. The molecule has 3 fully saturated rings. The highest BCUT2D eigenvalue weighted by molar-refractivity contribution is 5.79. The number of carbonyl (C=O) groups is 1. The quantitative estimate of drug-likeness (QED) is 0.485. The Morgan fingerprint density at radius 3 is 2.03 bits per heavy atom. The second kappa shape index (κ2) is 7.37. The van der Waals surface area contributed by atoms with Gasteiger partial charge in [-0.05, 0) is 13.8 Å². The smallest absolute Gasteiger partial charge is 0.424 e. The SMILES string of the molecule is COC[C@H]1O[C@H](C(F)(F)C[C@@H]2NC(C(F)(F)F)(C(F)(F)F)OC2=O)[C@@H]2OC(C)(C)O[C@@H]21. The molecule has 0 aromatic rings. The molecule has 0 saturated carbocycles. The average molecular weight is 473 g/mol. The summed E-state index contributed by atoms with van der Waals surface area (Å²) in [4.78, 5) is 11.7. The first kappa shape index (κ1) is 24.4. The summed E-state index contributed by atoms with van der Waals surface area (Å²) in [5.74, 6) is -7.52. The van der Waals surface area contributed by atoms with Gasteiger partial charge < -0.3 is 23.7 Å². The van der Waals surface area contributed by atoms with Gasteiger partial charge in [-0.3, -0.25) is 10.1 Å². The zero-order chi connectivity index (χ0) is 23.6. The van der Waals surface area contributed by atoms with E-state index in [2.05, 4.69) is 4.74 Å². The standard InChI is InChI=1S/C16H19F8NO6/c1-12(2)29-8-7(5-27-3)28-10(9(8)30-12)13(17,18)4-6-11(26)31-14(25-6,15(19,20)21)16(22,23)24/h6-10,25H,4-5H2,1-3H3/t6-,7+,8+,9+,10-/m0/s1. The maximum absolute atomic E-state index is 15.0. The third-order valence-electron chi connectivity index (χ3n) is 5.09. The van der Waals surface area contributed by atoms with Gasteiger partial charge in [-0.2, -0.15) is 26.3 Å². The van der Waals surface area contributed by atoms with Gasteiger partial charge in [0.1, 0.15) is 24.4 Å². The highest BCUT2D eigenvalue weighted by atomic mass is 19.4. The summed E-state index contributed by atoms with van der Waals surface area (Å²) in [6, 6.07) is -2.61. The van der Waals surface area contributed by atoms with Crippen LogP contribution in [-0.2, 0) is 28.5 Å².